The Morgan fingerprint density at radius 1 is 0.926 bits per heavy atom. The molecule has 1 aromatic rings. The van der Waals surface area contributed by atoms with Crippen molar-refractivity contribution in [2.24, 2.45) is 11.8 Å². The van der Waals surface area contributed by atoms with Crippen molar-refractivity contribution in [2.75, 3.05) is 72.8 Å². The van der Waals surface area contributed by atoms with E-state index in [2.05, 4.69) is 15.9 Å². The lowest BCUT2D eigenvalue weighted by Gasteiger charge is -2.45. The summed E-state index contributed by atoms with van der Waals surface area (Å²) in [6.45, 7) is 9.52. The maximum atomic E-state index is 8.84. The summed E-state index contributed by atoms with van der Waals surface area (Å²) in [4.78, 5) is 5.12. The molecule has 0 N–H and O–H groups in total. The van der Waals surface area contributed by atoms with Gasteiger partial charge < -0.3 is 19.1 Å². The smallest absolute Gasteiger partial charge is 0.119 e. The molecular formula is C21H31N3O3. The van der Waals surface area contributed by atoms with Crippen molar-refractivity contribution in [1.29, 1.82) is 5.26 Å². The van der Waals surface area contributed by atoms with Gasteiger partial charge in [0.1, 0.15) is 12.4 Å². The number of benzene rings is 1. The number of nitriles is 1. The van der Waals surface area contributed by atoms with E-state index in [0.29, 0.717) is 25.4 Å². The first-order valence-electron chi connectivity index (χ1n) is 9.91. The normalized spacial score (nSPS) is 23.1. The zero-order valence-electron chi connectivity index (χ0n) is 16.3. The van der Waals surface area contributed by atoms with Crippen LogP contribution in [0.1, 0.15) is 12.0 Å². The first-order valence-corrected chi connectivity index (χ1v) is 9.91. The quantitative estimate of drug-likeness (QED) is 0.584. The predicted octanol–water partition coefficient (Wildman–Crippen LogP) is 1.85. The SMILES string of the molecule is COCCOCCN1CC2CC(C1)CN(CCOc1ccc(C#N)cc1)C2. The van der Waals surface area contributed by atoms with Crippen LogP contribution in [0.15, 0.2) is 24.3 Å². The molecule has 6 nitrogen and oxygen atoms in total. The second-order valence-corrected chi connectivity index (χ2v) is 7.58. The Morgan fingerprint density at radius 3 is 2.15 bits per heavy atom. The number of piperidine rings is 2. The molecular weight excluding hydrogens is 342 g/mol. The van der Waals surface area contributed by atoms with Crippen LogP contribution in [0.4, 0.5) is 0 Å². The molecule has 2 saturated heterocycles. The molecule has 0 saturated carbocycles. The molecule has 1 aromatic carbocycles. The molecule has 2 aliphatic rings. The minimum atomic E-state index is 0.667. The van der Waals surface area contributed by atoms with Crippen LogP contribution in [0.3, 0.4) is 0 Å². The number of ether oxygens (including phenoxy) is 3. The molecule has 2 heterocycles. The highest BCUT2D eigenvalue weighted by atomic mass is 16.5. The van der Waals surface area contributed by atoms with E-state index in [0.717, 1.165) is 50.4 Å². The lowest BCUT2D eigenvalue weighted by molar-refractivity contribution is 0.00564. The van der Waals surface area contributed by atoms with Crippen LogP contribution in [-0.2, 0) is 9.47 Å². The number of methoxy groups -OCH3 is 1. The molecule has 0 aliphatic carbocycles. The fourth-order valence-corrected chi connectivity index (χ4v) is 4.22. The van der Waals surface area contributed by atoms with Crippen LogP contribution in [-0.4, -0.2) is 82.6 Å². The van der Waals surface area contributed by atoms with Gasteiger partial charge in [-0.3, -0.25) is 4.90 Å². The van der Waals surface area contributed by atoms with E-state index in [-0.39, 0.29) is 0 Å². The summed E-state index contributed by atoms with van der Waals surface area (Å²) in [5.74, 6) is 2.35. The van der Waals surface area contributed by atoms with Crippen molar-refractivity contribution in [3.05, 3.63) is 29.8 Å². The Bertz CT molecular complexity index is 588. The topological polar surface area (TPSA) is 58.0 Å². The lowest BCUT2D eigenvalue weighted by Crippen LogP contribution is -2.53. The Morgan fingerprint density at radius 2 is 1.56 bits per heavy atom. The molecule has 2 bridgehead atoms. The van der Waals surface area contributed by atoms with Crippen LogP contribution in [0.25, 0.3) is 0 Å². The number of rotatable bonds is 10. The molecule has 2 atom stereocenters. The van der Waals surface area contributed by atoms with Gasteiger partial charge >= 0.3 is 0 Å². The average molecular weight is 373 g/mol. The van der Waals surface area contributed by atoms with Crippen LogP contribution >= 0.6 is 0 Å². The summed E-state index contributed by atoms with van der Waals surface area (Å²) < 4.78 is 16.5. The summed E-state index contributed by atoms with van der Waals surface area (Å²) in [7, 11) is 1.70. The van der Waals surface area contributed by atoms with Crippen LogP contribution in [0.2, 0.25) is 0 Å². The zero-order chi connectivity index (χ0) is 18.9. The summed E-state index contributed by atoms with van der Waals surface area (Å²) in [6.07, 6.45) is 1.36. The van der Waals surface area contributed by atoms with Crippen molar-refractivity contribution in [3.63, 3.8) is 0 Å². The summed E-state index contributed by atoms with van der Waals surface area (Å²) in [5, 5.41) is 8.84. The van der Waals surface area contributed by atoms with Gasteiger partial charge in [-0.1, -0.05) is 0 Å². The summed E-state index contributed by atoms with van der Waals surface area (Å²) in [6, 6.07) is 9.47. The minimum absolute atomic E-state index is 0.667. The van der Waals surface area contributed by atoms with Gasteiger partial charge in [-0.2, -0.15) is 5.26 Å². The minimum Gasteiger partial charge on any atom is -0.492 e. The van der Waals surface area contributed by atoms with E-state index >= 15 is 0 Å². The molecule has 0 spiro atoms. The van der Waals surface area contributed by atoms with E-state index in [4.69, 9.17) is 19.5 Å². The highest BCUT2D eigenvalue weighted by Crippen LogP contribution is 2.28. The zero-order valence-corrected chi connectivity index (χ0v) is 16.3. The Labute approximate surface area is 162 Å². The molecule has 3 rings (SSSR count). The third-order valence-electron chi connectivity index (χ3n) is 5.38. The average Bonchev–Trinajstić information content (AvgIpc) is 2.68. The highest BCUT2D eigenvalue weighted by molar-refractivity contribution is 5.34. The third-order valence-corrected chi connectivity index (χ3v) is 5.38. The van der Waals surface area contributed by atoms with Crippen molar-refractivity contribution in [2.45, 2.75) is 6.42 Å². The molecule has 6 heteroatoms. The fourth-order valence-electron chi connectivity index (χ4n) is 4.22. The summed E-state index contributed by atoms with van der Waals surface area (Å²) >= 11 is 0. The van der Waals surface area contributed by atoms with E-state index in [1.54, 1.807) is 19.2 Å². The van der Waals surface area contributed by atoms with Crippen LogP contribution < -0.4 is 4.74 Å². The summed E-state index contributed by atoms with van der Waals surface area (Å²) in [5.41, 5.74) is 0.667. The maximum absolute atomic E-state index is 8.84. The Balaban J connectivity index is 1.34. The van der Waals surface area contributed by atoms with Gasteiger partial charge in [0.15, 0.2) is 0 Å². The number of fused-ring (bicyclic) bond motifs is 2. The van der Waals surface area contributed by atoms with Crippen LogP contribution in [0, 0.1) is 23.2 Å². The van der Waals surface area contributed by atoms with Crippen LogP contribution in [0.5, 0.6) is 5.75 Å². The van der Waals surface area contributed by atoms with E-state index in [1.807, 2.05) is 12.1 Å². The van der Waals surface area contributed by atoms with Crippen molar-refractivity contribution in [1.82, 2.24) is 9.80 Å². The maximum Gasteiger partial charge on any atom is 0.119 e. The van der Waals surface area contributed by atoms with Crippen molar-refractivity contribution in [3.8, 4) is 11.8 Å². The molecule has 0 radical (unpaired) electrons. The second kappa shape index (κ2) is 10.6. The standard InChI is InChI=1S/C21H31N3O3/c1-25-10-11-26-8-6-23-14-19-12-20(15-23)17-24(16-19)7-9-27-21-4-2-18(13-22)3-5-21/h2-5,19-20H,6-12,14-17H2,1H3. The van der Waals surface area contributed by atoms with Gasteiger partial charge in [0.25, 0.3) is 0 Å². The van der Waals surface area contributed by atoms with Gasteiger partial charge in [0, 0.05) is 46.4 Å². The predicted molar refractivity (Wildman–Crippen MR) is 104 cm³/mol. The van der Waals surface area contributed by atoms with Gasteiger partial charge in [-0.15, -0.1) is 0 Å². The molecule has 0 amide bonds. The van der Waals surface area contributed by atoms with Gasteiger partial charge in [-0.05, 0) is 42.5 Å². The van der Waals surface area contributed by atoms with E-state index in [1.165, 1.54) is 19.5 Å². The Hall–Kier alpha value is -1.65. The molecule has 27 heavy (non-hydrogen) atoms. The number of hydrogen-bond acceptors (Lipinski definition) is 6. The fraction of sp³-hybridized carbons (Fsp3) is 0.667. The molecule has 2 fully saturated rings. The first kappa shape index (κ1) is 20.1. The Kier molecular flexibility index (Phi) is 7.91. The number of nitrogens with zero attached hydrogens (tertiary/aromatic N) is 3. The second-order valence-electron chi connectivity index (χ2n) is 7.58. The number of likely N-dealkylation sites (tertiary alicyclic amines) is 2. The molecule has 2 unspecified atom stereocenters. The van der Waals surface area contributed by atoms with E-state index in [9.17, 15) is 0 Å². The van der Waals surface area contributed by atoms with Gasteiger partial charge in [0.05, 0.1) is 31.5 Å². The van der Waals surface area contributed by atoms with Crippen molar-refractivity contribution < 1.29 is 14.2 Å². The largest absolute Gasteiger partial charge is 0.492 e. The first-order chi connectivity index (χ1) is 13.3. The van der Waals surface area contributed by atoms with E-state index < -0.39 is 0 Å². The number of hydrogen-bond donors (Lipinski definition) is 0. The highest BCUT2D eigenvalue weighted by Gasteiger charge is 2.33. The third kappa shape index (κ3) is 6.47. The lowest BCUT2D eigenvalue weighted by atomic mass is 9.84. The molecule has 148 valence electrons. The van der Waals surface area contributed by atoms with Gasteiger partial charge in [0.2, 0.25) is 0 Å². The van der Waals surface area contributed by atoms with Gasteiger partial charge in [-0.25, -0.2) is 0 Å². The molecule has 2 aliphatic heterocycles. The molecule has 0 aromatic heterocycles. The van der Waals surface area contributed by atoms with Crippen molar-refractivity contribution >= 4 is 0 Å². The monoisotopic (exact) mass is 373 g/mol.